The summed E-state index contributed by atoms with van der Waals surface area (Å²) in [5.41, 5.74) is 1.07. The summed E-state index contributed by atoms with van der Waals surface area (Å²) in [5, 5.41) is 18.3. The zero-order valence-electron chi connectivity index (χ0n) is 12.9. The molecular formula is C17H17N3O2. The van der Waals surface area contributed by atoms with Gasteiger partial charge in [0.05, 0.1) is 18.6 Å². The summed E-state index contributed by atoms with van der Waals surface area (Å²) in [6.07, 6.45) is 0.510. The van der Waals surface area contributed by atoms with Crippen LogP contribution in [0, 0.1) is 22.7 Å². The third-order valence-corrected chi connectivity index (χ3v) is 3.84. The molecule has 0 fully saturated rings. The van der Waals surface area contributed by atoms with E-state index in [-0.39, 0.29) is 11.5 Å². The van der Waals surface area contributed by atoms with Crippen molar-refractivity contribution in [2.45, 2.75) is 25.7 Å². The van der Waals surface area contributed by atoms with Gasteiger partial charge in [-0.05, 0) is 31.5 Å². The Morgan fingerprint density at radius 2 is 1.86 bits per heavy atom. The topological polar surface area (TPSA) is 77.1 Å². The Bertz CT molecular complexity index is 703. The molecule has 0 saturated carbocycles. The first-order valence-corrected chi connectivity index (χ1v) is 6.95. The molecular weight excluding hydrogens is 278 g/mol. The van der Waals surface area contributed by atoms with Gasteiger partial charge < -0.3 is 9.64 Å². The lowest BCUT2D eigenvalue weighted by molar-refractivity contribution is -0.115. The zero-order valence-corrected chi connectivity index (χ0v) is 12.9. The fourth-order valence-corrected chi connectivity index (χ4v) is 2.38. The van der Waals surface area contributed by atoms with Crippen LogP contribution < -0.4 is 4.90 Å². The van der Waals surface area contributed by atoms with Crippen molar-refractivity contribution in [3.05, 3.63) is 41.2 Å². The Morgan fingerprint density at radius 1 is 1.23 bits per heavy atom. The first-order chi connectivity index (χ1) is 10.4. The maximum Gasteiger partial charge on any atom is 0.272 e. The number of nitrogens with zero attached hydrogens (tertiary/aromatic N) is 3. The molecule has 1 aliphatic rings. The van der Waals surface area contributed by atoms with Crippen molar-refractivity contribution in [1.82, 2.24) is 0 Å². The Kier molecular flexibility index (Phi) is 4.19. The van der Waals surface area contributed by atoms with Gasteiger partial charge >= 0.3 is 0 Å². The number of hydrogen-bond acceptors (Lipinski definition) is 4. The van der Waals surface area contributed by atoms with Gasteiger partial charge in [0.15, 0.2) is 5.57 Å². The molecule has 22 heavy (non-hydrogen) atoms. The minimum Gasteiger partial charge on any atom is -0.499 e. The lowest BCUT2D eigenvalue weighted by Crippen LogP contribution is -2.37. The van der Waals surface area contributed by atoms with Gasteiger partial charge in [-0.3, -0.25) is 4.79 Å². The molecule has 112 valence electrons. The molecule has 5 heteroatoms. The molecule has 1 aliphatic heterocycles. The van der Waals surface area contributed by atoms with Crippen LogP contribution in [-0.2, 0) is 14.9 Å². The van der Waals surface area contributed by atoms with Gasteiger partial charge in [-0.1, -0.05) is 12.1 Å². The maximum atomic E-state index is 12.4. The highest BCUT2D eigenvalue weighted by atomic mass is 16.5. The molecule has 0 aliphatic carbocycles. The van der Waals surface area contributed by atoms with Gasteiger partial charge in [-0.15, -0.1) is 0 Å². The normalized spacial score (nSPS) is 15.3. The number of nitriles is 2. The van der Waals surface area contributed by atoms with Crippen LogP contribution in [0.4, 0.5) is 5.69 Å². The van der Waals surface area contributed by atoms with Crippen LogP contribution in [0.3, 0.4) is 0 Å². The first-order valence-electron chi connectivity index (χ1n) is 6.95. The van der Waals surface area contributed by atoms with Crippen LogP contribution in [-0.4, -0.2) is 19.6 Å². The molecule has 0 unspecified atom stereocenters. The fraction of sp³-hybridized carbons (Fsp3) is 0.353. The van der Waals surface area contributed by atoms with E-state index in [0.29, 0.717) is 24.4 Å². The molecule has 0 N–H and O–H groups in total. The largest absolute Gasteiger partial charge is 0.499 e. The number of benzene rings is 1. The second kappa shape index (κ2) is 5.91. The van der Waals surface area contributed by atoms with Crippen molar-refractivity contribution >= 4 is 11.6 Å². The molecule has 0 atom stereocenters. The standard InChI is InChI=1S/C17H17N3O2/c1-17(2,11-19)12-4-6-13(7-5-12)20-9-8-15(22-3)14(10-18)16(20)21/h4-7H,8-9H2,1-3H3. The number of carbonyl (C=O) groups is 1. The number of amides is 1. The predicted molar refractivity (Wildman–Crippen MR) is 81.7 cm³/mol. The van der Waals surface area contributed by atoms with E-state index in [4.69, 9.17) is 15.3 Å². The Morgan fingerprint density at radius 3 is 2.36 bits per heavy atom. The molecule has 0 bridgehead atoms. The summed E-state index contributed by atoms with van der Waals surface area (Å²) in [4.78, 5) is 13.9. The molecule has 2 rings (SSSR count). The summed E-state index contributed by atoms with van der Waals surface area (Å²) < 4.78 is 5.10. The summed E-state index contributed by atoms with van der Waals surface area (Å²) in [5.74, 6) is 0.0869. The SMILES string of the molecule is COC1=C(C#N)C(=O)N(c2ccc(C(C)(C)C#N)cc2)CC1. The van der Waals surface area contributed by atoms with Crippen molar-refractivity contribution in [2.24, 2.45) is 0 Å². The highest BCUT2D eigenvalue weighted by molar-refractivity contribution is 6.09. The van der Waals surface area contributed by atoms with Gasteiger partial charge in [-0.2, -0.15) is 10.5 Å². The molecule has 0 radical (unpaired) electrons. The van der Waals surface area contributed by atoms with Gasteiger partial charge in [0, 0.05) is 18.7 Å². The monoisotopic (exact) mass is 295 g/mol. The Labute approximate surface area is 130 Å². The van der Waals surface area contributed by atoms with Crippen molar-refractivity contribution in [3.63, 3.8) is 0 Å². The third kappa shape index (κ3) is 2.66. The summed E-state index contributed by atoms with van der Waals surface area (Å²) in [6, 6.07) is 11.5. The van der Waals surface area contributed by atoms with Crippen LogP contribution in [0.1, 0.15) is 25.8 Å². The van der Waals surface area contributed by atoms with Crippen molar-refractivity contribution < 1.29 is 9.53 Å². The van der Waals surface area contributed by atoms with Crippen molar-refractivity contribution in [1.29, 1.82) is 10.5 Å². The second-order valence-electron chi connectivity index (χ2n) is 5.60. The summed E-state index contributed by atoms with van der Waals surface area (Å²) >= 11 is 0. The lowest BCUT2D eigenvalue weighted by Gasteiger charge is -2.28. The molecule has 0 aromatic heterocycles. The van der Waals surface area contributed by atoms with E-state index < -0.39 is 5.41 Å². The molecule has 1 aromatic carbocycles. The average molecular weight is 295 g/mol. The van der Waals surface area contributed by atoms with E-state index in [2.05, 4.69) is 6.07 Å². The van der Waals surface area contributed by atoms with E-state index in [9.17, 15) is 4.79 Å². The quantitative estimate of drug-likeness (QED) is 0.859. The van der Waals surface area contributed by atoms with Crippen LogP contribution in [0.2, 0.25) is 0 Å². The lowest BCUT2D eigenvalue weighted by atomic mass is 9.86. The predicted octanol–water partition coefficient (Wildman–Crippen LogP) is 2.65. The number of anilines is 1. The highest BCUT2D eigenvalue weighted by Crippen LogP contribution is 2.28. The van der Waals surface area contributed by atoms with Gasteiger partial charge in [-0.25, -0.2) is 0 Å². The Balaban J connectivity index is 2.32. The van der Waals surface area contributed by atoms with Crippen LogP contribution >= 0.6 is 0 Å². The summed E-state index contributed by atoms with van der Waals surface area (Å²) in [6.45, 7) is 4.15. The first kappa shape index (κ1) is 15.6. The van der Waals surface area contributed by atoms with E-state index in [0.717, 1.165) is 5.56 Å². The maximum absolute atomic E-state index is 12.4. The van der Waals surface area contributed by atoms with Crippen molar-refractivity contribution in [3.8, 4) is 12.1 Å². The van der Waals surface area contributed by atoms with E-state index in [1.54, 1.807) is 17.0 Å². The van der Waals surface area contributed by atoms with E-state index in [1.165, 1.54) is 7.11 Å². The molecule has 0 spiro atoms. The second-order valence-corrected chi connectivity index (χ2v) is 5.60. The van der Waals surface area contributed by atoms with Gasteiger partial charge in [0.1, 0.15) is 11.8 Å². The Hall–Kier alpha value is -2.79. The minimum absolute atomic E-state index is 0.0511. The highest BCUT2D eigenvalue weighted by Gasteiger charge is 2.29. The number of ether oxygens (including phenoxy) is 1. The van der Waals surface area contributed by atoms with Crippen LogP contribution in [0.25, 0.3) is 0 Å². The number of carbonyl (C=O) groups excluding carboxylic acids is 1. The minimum atomic E-state index is -0.578. The van der Waals surface area contributed by atoms with E-state index in [1.807, 2.05) is 32.0 Å². The number of hydrogen-bond donors (Lipinski definition) is 0. The average Bonchev–Trinajstić information content (AvgIpc) is 2.54. The molecule has 5 nitrogen and oxygen atoms in total. The van der Waals surface area contributed by atoms with Crippen molar-refractivity contribution in [2.75, 3.05) is 18.6 Å². The molecule has 0 saturated heterocycles. The summed E-state index contributed by atoms with van der Waals surface area (Å²) in [7, 11) is 1.47. The number of methoxy groups -OCH3 is 1. The van der Waals surface area contributed by atoms with E-state index >= 15 is 0 Å². The number of rotatable bonds is 3. The van der Waals surface area contributed by atoms with Crippen LogP contribution in [0.15, 0.2) is 35.6 Å². The van der Waals surface area contributed by atoms with Crippen LogP contribution in [0.5, 0.6) is 0 Å². The van der Waals surface area contributed by atoms with Gasteiger partial charge in [0.25, 0.3) is 5.91 Å². The third-order valence-electron chi connectivity index (χ3n) is 3.84. The smallest absolute Gasteiger partial charge is 0.272 e. The zero-order chi connectivity index (χ0) is 16.3. The molecule has 1 aromatic rings. The molecule has 1 amide bonds. The molecule has 1 heterocycles. The van der Waals surface area contributed by atoms with Gasteiger partial charge in [0.2, 0.25) is 0 Å². The fourth-order valence-electron chi connectivity index (χ4n) is 2.38.